The summed E-state index contributed by atoms with van der Waals surface area (Å²) in [6, 6.07) is 5.62. The van der Waals surface area contributed by atoms with Crippen molar-refractivity contribution in [1.29, 1.82) is 0 Å². The number of imidazole rings is 1. The second-order valence-electron chi connectivity index (χ2n) is 3.27. The van der Waals surface area contributed by atoms with Crippen LogP contribution in [0.25, 0.3) is 11.0 Å². The van der Waals surface area contributed by atoms with E-state index < -0.39 is 5.97 Å². The summed E-state index contributed by atoms with van der Waals surface area (Å²) in [6.07, 6.45) is 0. The van der Waals surface area contributed by atoms with Crippen molar-refractivity contribution in [1.82, 2.24) is 9.55 Å². The molecule has 0 aliphatic heterocycles. The van der Waals surface area contributed by atoms with E-state index in [1.807, 2.05) is 18.2 Å². The topological polar surface area (TPSA) is 55.1 Å². The van der Waals surface area contributed by atoms with E-state index in [9.17, 15) is 4.79 Å². The molecule has 4 nitrogen and oxygen atoms in total. The fourth-order valence-corrected chi connectivity index (χ4v) is 1.91. The van der Waals surface area contributed by atoms with Gasteiger partial charge in [0.05, 0.1) is 11.0 Å². The van der Waals surface area contributed by atoms with Crippen LogP contribution in [0.2, 0.25) is 0 Å². The molecule has 0 saturated carbocycles. The number of hydrogen-bond acceptors (Lipinski definition) is 2. The van der Waals surface area contributed by atoms with Crippen molar-refractivity contribution >= 4 is 32.9 Å². The van der Waals surface area contributed by atoms with E-state index in [-0.39, 0.29) is 6.54 Å². The highest BCUT2D eigenvalue weighted by atomic mass is 79.9. The number of nitrogens with zero attached hydrogens (tertiary/aromatic N) is 2. The van der Waals surface area contributed by atoms with Crippen LogP contribution in [0.1, 0.15) is 5.82 Å². The van der Waals surface area contributed by atoms with Gasteiger partial charge in [-0.15, -0.1) is 0 Å². The van der Waals surface area contributed by atoms with Crippen molar-refractivity contribution in [3.63, 3.8) is 0 Å². The molecule has 0 bridgehead atoms. The molecule has 0 unspecified atom stereocenters. The Kier molecular flexibility index (Phi) is 2.48. The van der Waals surface area contributed by atoms with Gasteiger partial charge in [0.2, 0.25) is 0 Å². The summed E-state index contributed by atoms with van der Waals surface area (Å²) in [7, 11) is 0. The maximum absolute atomic E-state index is 10.7. The lowest BCUT2D eigenvalue weighted by atomic mass is 10.3. The zero-order valence-electron chi connectivity index (χ0n) is 8.07. The Balaban J connectivity index is 2.63. The van der Waals surface area contributed by atoms with Crippen molar-refractivity contribution in [2.75, 3.05) is 0 Å². The molecule has 1 aromatic carbocycles. The molecule has 5 heteroatoms. The zero-order chi connectivity index (χ0) is 11.0. The number of aliphatic carboxylic acids is 1. The van der Waals surface area contributed by atoms with Gasteiger partial charge in [0.1, 0.15) is 12.4 Å². The van der Waals surface area contributed by atoms with Crippen LogP contribution < -0.4 is 0 Å². The second kappa shape index (κ2) is 3.66. The van der Waals surface area contributed by atoms with E-state index in [1.54, 1.807) is 11.5 Å². The SMILES string of the molecule is Cc1nc2cc(Br)ccc2n1CC(=O)O. The van der Waals surface area contributed by atoms with Crippen molar-refractivity contribution < 1.29 is 9.90 Å². The summed E-state index contributed by atoms with van der Waals surface area (Å²) in [5.74, 6) is -0.147. The van der Waals surface area contributed by atoms with Crippen molar-refractivity contribution in [3.8, 4) is 0 Å². The number of benzene rings is 1. The van der Waals surface area contributed by atoms with Gasteiger partial charge >= 0.3 is 5.97 Å². The lowest BCUT2D eigenvalue weighted by Gasteiger charge is -2.01. The van der Waals surface area contributed by atoms with Gasteiger partial charge in [-0.05, 0) is 25.1 Å². The molecular formula is C10H9BrN2O2. The molecule has 2 rings (SSSR count). The van der Waals surface area contributed by atoms with Crippen molar-refractivity contribution in [3.05, 3.63) is 28.5 Å². The Hall–Kier alpha value is -1.36. The summed E-state index contributed by atoms with van der Waals surface area (Å²) in [5.41, 5.74) is 1.65. The first-order valence-corrected chi connectivity index (χ1v) is 5.21. The Morgan fingerprint density at radius 2 is 2.33 bits per heavy atom. The first kappa shape index (κ1) is 10.2. The van der Waals surface area contributed by atoms with Crippen LogP contribution in [0.15, 0.2) is 22.7 Å². The van der Waals surface area contributed by atoms with Gasteiger partial charge < -0.3 is 9.67 Å². The monoisotopic (exact) mass is 268 g/mol. The van der Waals surface area contributed by atoms with Gasteiger partial charge in [0.15, 0.2) is 0 Å². The average Bonchev–Trinajstić information content (AvgIpc) is 2.41. The van der Waals surface area contributed by atoms with Crippen LogP contribution in [0.5, 0.6) is 0 Å². The van der Waals surface area contributed by atoms with E-state index in [0.29, 0.717) is 5.82 Å². The highest BCUT2D eigenvalue weighted by Crippen LogP contribution is 2.20. The van der Waals surface area contributed by atoms with Gasteiger partial charge in [-0.25, -0.2) is 4.98 Å². The number of hydrogen-bond donors (Lipinski definition) is 1. The largest absolute Gasteiger partial charge is 0.480 e. The predicted molar refractivity (Wildman–Crippen MR) is 59.8 cm³/mol. The average molecular weight is 269 g/mol. The summed E-state index contributed by atoms with van der Waals surface area (Å²) < 4.78 is 2.62. The van der Waals surface area contributed by atoms with Crippen LogP contribution in [0, 0.1) is 6.92 Å². The number of halogens is 1. The number of aryl methyl sites for hydroxylation is 1. The van der Waals surface area contributed by atoms with Gasteiger partial charge in [0, 0.05) is 4.47 Å². The predicted octanol–water partition coefficient (Wildman–Crippen LogP) is 2.19. The highest BCUT2D eigenvalue weighted by Gasteiger charge is 2.09. The quantitative estimate of drug-likeness (QED) is 0.909. The van der Waals surface area contributed by atoms with Crippen molar-refractivity contribution in [2.24, 2.45) is 0 Å². The molecule has 1 aromatic heterocycles. The smallest absolute Gasteiger partial charge is 0.323 e. The molecule has 0 fully saturated rings. The number of aromatic nitrogens is 2. The Morgan fingerprint density at radius 1 is 1.60 bits per heavy atom. The minimum Gasteiger partial charge on any atom is -0.480 e. The Morgan fingerprint density at radius 3 is 3.00 bits per heavy atom. The molecule has 15 heavy (non-hydrogen) atoms. The summed E-state index contributed by atoms with van der Waals surface area (Å²) >= 11 is 3.35. The lowest BCUT2D eigenvalue weighted by Crippen LogP contribution is -2.09. The van der Waals surface area contributed by atoms with Gasteiger partial charge in [-0.3, -0.25) is 4.79 Å². The van der Waals surface area contributed by atoms with Crippen LogP contribution in [0.3, 0.4) is 0 Å². The number of carboxylic acids is 1. The fourth-order valence-electron chi connectivity index (χ4n) is 1.56. The van der Waals surface area contributed by atoms with Gasteiger partial charge in [-0.2, -0.15) is 0 Å². The second-order valence-corrected chi connectivity index (χ2v) is 4.19. The number of carbonyl (C=O) groups is 1. The third-order valence-corrected chi connectivity index (χ3v) is 2.69. The molecule has 0 atom stereocenters. The third-order valence-electron chi connectivity index (χ3n) is 2.19. The van der Waals surface area contributed by atoms with E-state index in [1.165, 1.54) is 0 Å². The third kappa shape index (κ3) is 1.87. The molecule has 0 radical (unpaired) electrons. The molecule has 1 heterocycles. The highest BCUT2D eigenvalue weighted by molar-refractivity contribution is 9.10. The van der Waals surface area contributed by atoms with Gasteiger partial charge in [0.25, 0.3) is 0 Å². The van der Waals surface area contributed by atoms with E-state index in [2.05, 4.69) is 20.9 Å². The first-order chi connectivity index (χ1) is 7.08. The number of fused-ring (bicyclic) bond motifs is 1. The molecule has 0 saturated heterocycles. The van der Waals surface area contributed by atoms with Gasteiger partial charge in [-0.1, -0.05) is 15.9 Å². The molecule has 2 aromatic rings. The fraction of sp³-hybridized carbons (Fsp3) is 0.200. The molecule has 78 valence electrons. The van der Waals surface area contributed by atoms with E-state index >= 15 is 0 Å². The van der Waals surface area contributed by atoms with Crippen LogP contribution in [-0.2, 0) is 11.3 Å². The standard InChI is InChI=1S/C10H9BrN2O2/c1-6-12-8-4-7(11)2-3-9(8)13(6)5-10(14)15/h2-4H,5H2,1H3,(H,14,15). The summed E-state index contributed by atoms with van der Waals surface area (Å²) in [5, 5.41) is 8.77. The molecule has 0 amide bonds. The number of rotatable bonds is 2. The van der Waals surface area contributed by atoms with E-state index in [0.717, 1.165) is 15.5 Å². The summed E-state index contributed by atoms with van der Waals surface area (Å²) in [6.45, 7) is 1.75. The lowest BCUT2D eigenvalue weighted by molar-refractivity contribution is -0.137. The zero-order valence-corrected chi connectivity index (χ0v) is 9.65. The molecule has 0 spiro atoms. The molecule has 1 N–H and O–H groups in total. The first-order valence-electron chi connectivity index (χ1n) is 4.42. The Bertz CT molecular complexity index is 533. The van der Waals surface area contributed by atoms with Crippen molar-refractivity contribution in [2.45, 2.75) is 13.5 Å². The normalized spacial score (nSPS) is 10.8. The Labute approximate surface area is 94.7 Å². The van der Waals surface area contributed by atoms with Crippen LogP contribution >= 0.6 is 15.9 Å². The van der Waals surface area contributed by atoms with Crippen LogP contribution in [-0.4, -0.2) is 20.6 Å². The minimum absolute atomic E-state index is 0.0516. The molecule has 0 aliphatic rings. The minimum atomic E-state index is -0.861. The molecule has 0 aliphatic carbocycles. The van der Waals surface area contributed by atoms with Crippen LogP contribution in [0.4, 0.5) is 0 Å². The number of carboxylic acid groups (broad SMARTS) is 1. The van der Waals surface area contributed by atoms with E-state index in [4.69, 9.17) is 5.11 Å². The molecular weight excluding hydrogens is 260 g/mol. The maximum Gasteiger partial charge on any atom is 0.323 e. The summed E-state index contributed by atoms with van der Waals surface area (Å²) in [4.78, 5) is 15.0. The maximum atomic E-state index is 10.7.